The van der Waals surface area contributed by atoms with Gasteiger partial charge in [0.15, 0.2) is 0 Å². The Balaban J connectivity index is 1.66. The fourth-order valence-corrected chi connectivity index (χ4v) is 4.40. The zero-order valence-corrected chi connectivity index (χ0v) is 15.7. The van der Waals surface area contributed by atoms with Crippen LogP contribution in [-0.4, -0.2) is 49.7 Å². The van der Waals surface area contributed by atoms with Crippen LogP contribution < -0.4 is 5.73 Å². The number of amides is 1. The summed E-state index contributed by atoms with van der Waals surface area (Å²) in [5, 5.41) is 0.486. The molecule has 2 aromatic carbocycles. The lowest BCUT2D eigenvalue weighted by molar-refractivity contribution is 0.0698. The van der Waals surface area contributed by atoms with Crippen LogP contribution in [0.4, 0.5) is 0 Å². The fraction of sp³-hybridized carbons (Fsp3) is 0.278. The molecule has 0 saturated carbocycles. The van der Waals surface area contributed by atoms with Crippen molar-refractivity contribution in [1.29, 1.82) is 0 Å². The molecule has 0 bridgehead atoms. The van der Waals surface area contributed by atoms with Crippen LogP contribution in [0.15, 0.2) is 53.4 Å². The van der Waals surface area contributed by atoms with Gasteiger partial charge in [0.1, 0.15) is 0 Å². The van der Waals surface area contributed by atoms with Gasteiger partial charge in [-0.15, -0.1) is 0 Å². The minimum atomic E-state index is -3.58. The third-order valence-corrected chi connectivity index (χ3v) is 6.58. The molecule has 138 valence electrons. The Bertz CT molecular complexity index is 875. The van der Waals surface area contributed by atoms with E-state index in [0.29, 0.717) is 30.2 Å². The number of rotatable bonds is 4. The van der Waals surface area contributed by atoms with Gasteiger partial charge in [-0.05, 0) is 42.0 Å². The van der Waals surface area contributed by atoms with Crippen LogP contribution >= 0.6 is 11.6 Å². The van der Waals surface area contributed by atoms with E-state index in [2.05, 4.69) is 0 Å². The maximum Gasteiger partial charge on any atom is 0.253 e. The van der Waals surface area contributed by atoms with Crippen LogP contribution in [0.5, 0.6) is 0 Å². The molecule has 8 heteroatoms. The molecule has 6 nitrogen and oxygen atoms in total. The lowest BCUT2D eigenvalue weighted by Crippen LogP contribution is -2.50. The van der Waals surface area contributed by atoms with Gasteiger partial charge in [0.05, 0.1) is 4.90 Å². The van der Waals surface area contributed by atoms with Crippen molar-refractivity contribution in [2.75, 3.05) is 26.2 Å². The minimum Gasteiger partial charge on any atom is -0.336 e. The molecule has 2 N–H and O–H groups in total. The predicted octanol–water partition coefficient (Wildman–Crippen LogP) is 1.95. The van der Waals surface area contributed by atoms with E-state index in [4.69, 9.17) is 17.3 Å². The Morgan fingerprint density at radius 1 is 0.962 bits per heavy atom. The van der Waals surface area contributed by atoms with Gasteiger partial charge < -0.3 is 10.6 Å². The molecule has 0 unspecified atom stereocenters. The van der Waals surface area contributed by atoms with Crippen LogP contribution in [0.3, 0.4) is 0 Å². The third-order valence-electron chi connectivity index (χ3n) is 4.41. The van der Waals surface area contributed by atoms with Crippen molar-refractivity contribution in [1.82, 2.24) is 9.21 Å². The van der Waals surface area contributed by atoms with Crippen molar-refractivity contribution in [2.45, 2.75) is 11.4 Å². The van der Waals surface area contributed by atoms with Gasteiger partial charge in [-0.2, -0.15) is 4.31 Å². The Labute approximate surface area is 158 Å². The zero-order valence-electron chi connectivity index (χ0n) is 14.1. The fourth-order valence-electron chi connectivity index (χ4n) is 2.85. The summed E-state index contributed by atoms with van der Waals surface area (Å²) in [5.74, 6) is -0.0999. The van der Waals surface area contributed by atoms with Gasteiger partial charge in [-0.3, -0.25) is 4.79 Å². The number of carbonyl (C=O) groups is 1. The number of hydrogen-bond acceptors (Lipinski definition) is 4. The molecule has 0 spiro atoms. The summed E-state index contributed by atoms with van der Waals surface area (Å²) in [6.07, 6.45) is 0. The topological polar surface area (TPSA) is 83.7 Å². The molecule has 1 saturated heterocycles. The van der Waals surface area contributed by atoms with Crippen molar-refractivity contribution in [3.8, 4) is 0 Å². The number of halogens is 1. The van der Waals surface area contributed by atoms with Crippen LogP contribution in [0.2, 0.25) is 5.02 Å². The predicted molar refractivity (Wildman–Crippen MR) is 100 cm³/mol. The molecule has 1 amide bonds. The summed E-state index contributed by atoms with van der Waals surface area (Å²) in [5.41, 5.74) is 7.10. The maximum absolute atomic E-state index is 12.7. The van der Waals surface area contributed by atoms with Crippen LogP contribution in [-0.2, 0) is 16.6 Å². The third kappa shape index (κ3) is 3.91. The van der Waals surface area contributed by atoms with E-state index < -0.39 is 10.0 Å². The molecule has 3 rings (SSSR count). The first kappa shape index (κ1) is 18.8. The second-order valence-electron chi connectivity index (χ2n) is 6.05. The Morgan fingerprint density at radius 3 is 2.08 bits per heavy atom. The molecule has 26 heavy (non-hydrogen) atoms. The molecule has 2 aromatic rings. The number of sulfonamides is 1. The number of nitrogens with zero attached hydrogens (tertiary/aromatic N) is 2. The summed E-state index contributed by atoms with van der Waals surface area (Å²) in [4.78, 5) is 14.5. The summed E-state index contributed by atoms with van der Waals surface area (Å²) in [6.45, 7) is 1.65. The molecule has 0 atom stereocenters. The first-order valence-corrected chi connectivity index (χ1v) is 10.1. The number of hydrogen-bond donors (Lipinski definition) is 1. The molecule has 1 heterocycles. The van der Waals surface area contributed by atoms with Gasteiger partial charge in [-0.25, -0.2) is 8.42 Å². The maximum atomic E-state index is 12.7. The van der Waals surface area contributed by atoms with Crippen LogP contribution in [0.1, 0.15) is 15.9 Å². The average Bonchev–Trinajstić information content (AvgIpc) is 2.68. The van der Waals surface area contributed by atoms with E-state index in [1.165, 1.54) is 16.4 Å². The van der Waals surface area contributed by atoms with Crippen LogP contribution in [0.25, 0.3) is 0 Å². The van der Waals surface area contributed by atoms with E-state index in [1.807, 2.05) is 12.1 Å². The summed E-state index contributed by atoms with van der Waals surface area (Å²) in [6, 6.07) is 13.3. The highest BCUT2D eigenvalue weighted by Gasteiger charge is 2.30. The number of carbonyl (C=O) groups excluding carboxylic acids is 1. The second-order valence-corrected chi connectivity index (χ2v) is 8.43. The van der Waals surface area contributed by atoms with E-state index >= 15 is 0 Å². The molecule has 1 fully saturated rings. The molecular weight excluding hydrogens is 374 g/mol. The zero-order chi connectivity index (χ0) is 18.7. The van der Waals surface area contributed by atoms with Crippen molar-refractivity contribution in [3.63, 3.8) is 0 Å². The number of piperazine rings is 1. The molecule has 1 aliphatic rings. The standard InChI is InChI=1S/C18H20ClN3O3S/c19-16-5-7-17(8-6-16)26(24,25)22-11-9-21(10-12-22)18(23)15-3-1-14(13-20)2-4-15/h1-8H,9-13,20H2. The Morgan fingerprint density at radius 2 is 1.54 bits per heavy atom. The number of nitrogens with two attached hydrogens (primary N) is 1. The minimum absolute atomic E-state index is 0.0999. The quantitative estimate of drug-likeness (QED) is 0.860. The van der Waals surface area contributed by atoms with Crippen molar-refractivity contribution in [2.24, 2.45) is 5.73 Å². The van der Waals surface area contributed by atoms with E-state index in [-0.39, 0.29) is 23.9 Å². The molecule has 0 aromatic heterocycles. The van der Waals surface area contributed by atoms with Gasteiger partial charge in [0, 0.05) is 43.3 Å². The van der Waals surface area contributed by atoms with Crippen molar-refractivity contribution in [3.05, 3.63) is 64.7 Å². The second kappa shape index (κ2) is 7.75. The van der Waals surface area contributed by atoms with Gasteiger partial charge >= 0.3 is 0 Å². The number of benzene rings is 2. The van der Waals surface area contributed by atoms with E-state index in [9.17, 15) is 13.2 Å². The highest BCUT2D eigenvalue weighted by molar-refractivity contribution is 7.89. The monoisotopic (exact) mass is 393 g/mol. The van der Waals surface area contributed by atoms with E-state index in [1.54, 1.807) is 29.2 Å². The summed E-state index contributed by atoms with van der Waals surface area (Å²) in [7, 11) is -3.58. The molecular formula is C18H20ClN3O3S. The van der Waals surface area contributed by atoms with Gasteiger partial charge in [0.2, 0.25) is 10.0 Å². The summed E-state index contributed by atoms with van der Waals surface area (Å²) >= 11 is 5.82. The largest absolute Gasteiger partial charge is 0.336 e. The molecule has 1 aliphatic heterocycles. The molecule has 0 aliphatic carbocycles. The Kier molecular flexibility index (Phi) is 5.62. The summed E-state index contributed by atoms with van der Waals surface area (Å²) < 4.78 is 26.8. The van der Waals surface area contributed by atoms with Crippen LogP contribution in [0, 0.1) is 0 Å². The lowest BCUT2D eigenvalue weighted by atomic mass is 10.1. The Hall–Kier alpha value is -1.93. The average molecular weight is 394 g/mol. The first-order chi connectivity index (χ1) is 12.4. The highest BCUT2D eigenvalue weighted by atomic mass is 35.5. The smallest absolute Gasteiger partial charge is 0.253 e. The van der Waals surface area contributed by atoms with Gasteiger partial charge in [0.25, 0.3) is 5.91 Å². The van der Waals surface area contributed by atoms with Crippen molar-refractivity contribution < 1.29 is 13.2 Å². The lowest BCUT2D eigenvalue weighted by Gasteiger charge is -2.34. The normalized spacial score (nSPS) is 15.8. The highest BCUT2D eigenvalue weighted by Crippen LogP contribution is 2.20. The van der Waals surface area contributed by atoms with Crippen molar-refractivity contribution >= 4 is 27.5 Å². The van der Waals surface area contributed by atoms with Gasteiger partial charge in [-0.1, -0.05) is 23.7 Å². The SMILES string of the molecule is NCc1ccc(C(=O)N2CCN(S(=O)(=O)c3ccc(Cl)cc3)CC2)cc1. The molecule has 0 radical (unpaired) electrons. The van der Waals surface area contributed by atoms with E-state index in [0.717, 1.165) is 5.56 Å². The first-order valence-electron chi connectivity index (χ1n) is 8.26.